The fourth-order valence-corrected chi connectivity index (χ4v) is 5.32. The van der Waals surface area contributed by atoms with Gasteiger partial charge in [0.05, 0.1) is 29.6 Å². The van der Waals surface area contributed by atoms with Crippen LogP contribution in [0.15, 0.2) is 34.7 Å². The van der Waals surface area contributed by atoms with Crippen LogP contribution in [0.2, 0.25) is 0 Å². The number of carbonyl (C=O) groups is 3. The fraction of sp³-hybridized carbons (Fsp3) is 0.478. The van der Waals surface area contributed by atoms with E-state index in [1.165, 1.54) is 19.1 Å². The molecule has 2 unspecified atom stereocenters. The molecule has 1 aromatic carbocycles. The number of nitrogens with zero attached hydrogens (tertiary/aromatic N) is 1. The van der Waals surface area contributed by atoms with Crippen LogP contribution in [-0.4, -0.2) is 46.0 Å². The third-order valence-electron chi connectivity index (χ3n) is 5.21. The number of nitrogens with one attached hydrogen (secondary N) is 1. The molecule has 2 atom stereocenters. The summed E-state index contributed by atoms with van der Waals surface area (Å²) in [6, 6.07) is 6.37. The highest BCUT2D eigenvalue weighted by molar-refractivity contribution is 7.91. The predicted octanol–water partition coefficient (Wildman–Crippen LogP) is 3.91. The zero-order valence-electron chi connectivity index (χ0n) is 19.3. The second-order valence-electron chi connectivity index (χ2n) is 8.40. The van der Waals surface area contributed by atoms with Crippen molar-refractivity contribution in [1.29, 1.82) is 0 Å². The molecule has 1 saturated heterocycles. The van der Waals surface area contributed by atoms with Crippen molar-refractivity contribution < 1.29 is 33.1 Å². The Kier molecular flexibility index (Phi) is 9.06. The Morgan fingerprint density at radius 3 is 2.76 bits per heavy atom. The summed E-state index contributed by atoms with van der Waals surface area (Å²) in [6.45, 7) is 5.32. The molecule has 1 amide bonds. The van der Waals surface area contributed by atoms with Gasteiger partial charge in [-0.3, -0.25) is 19.7 Å². The van der Waals surface area contributed by atoms with Crippen molar-refractivity contribution in [3.05, 3.63) is 35.2 Å². The van der Waals surface area contributed by atoms with E-state index in [9.17, 15) is 18.9 Å². The molecule has 0 saturated carbocycles. The molecule has 1 aliphatic rings. The zero-order chi connectivity index (χ0) is 24.7. The van der Waals surface area contributed by atoms with E-state index in [-0.39, 0.29) is 34.9 Å². The largest absolute Gasteiger partial charge is 0.608 e. The summed E-state index contributed by atoms with van der Waals surface area (Å²) in [5, 5.41) is 4.97. The maximum Gasteiger partial charge on any atom is 0.317 e. The summed E-state index contributed by atoms with van der Waals surface area (Å²) < 4.78 is 28.7. The molecule has 0 radical (unpaired) electrons. The number of anilines is 1. The number of amides is 1. The monoisotopic (exact) mass is 508 g/mol. The van der Waals surface area contributed by atoms with Crippen LogP contribution in [0.5, 0.6) is 5.75 Å². The Labute approximate surface area is 205 Å². The average Bonchev–Trinajstić information content (AvgIpc) is 3.27. The van der Waals surface area contributed by atoms with E-state index in [4.69, 9.17) is 14.2 Å². The van der Waals surface area contributed by atoms with Gasteiger partial charge in [-0.05, 0) is 45.2 Å². The van der Waals surface area contributed by atoms with Crippen LogP contribution in [0.3, 0.4) is 0 Å². The molecule has 0 aliphatic carbocycles. The highest BCUT2D eigenvalue weighted by Crippen LogP contribution is 2.29. The fourth-order valence-electron chi connectivity index (χ4n) is 3.12. The molecular formula is C23H28N2O7S2. The van der Waals surface area contributed by atoms with Gasteiger partial charge in [-0.2, -0.15) is 4.98 Å². The summed E-state index contributed by atoms with van der Waals surface area (Å²) in [5.41, 5.74) is -1.17. The van der Waals surface area contributed by atoms with Crippen molar-refractivity contribution in [2.75, 3.05) is 18.5 Å². The van der Waals surface area contributed by atoms with Crippen molar-refractivity contribution in [2.24, 2.45) is 5.41 Å². The Hall–Kier alpha value is -2.47. The van der Waals surface area contributed by atoms with E-state index in [0.717, 1.165) is 24.2 Å². The van der Waals surface area contributed by atoms with Crippen LogP contribution in [0.4, 0.5) is 5.13 Å². The maximum absolute atomic E-state index is 12.9. The first-order valence-electron chi connectivity index (χ1n) is 10.9. The standard InChI is InChI=1S/C23H28N2O7S2/c1-15(26)30-13-11-23(2,3)21(28)32-17-9-5-4-8-16(17)20(27)25-22-24-18(14-33-22)34(29)19-10-6-7-12-31-19/h4-5,8-9,14,19H,6-7,10-13H2,1-3H3,(H,24,25,27). The Morgan fingerprint density at radius 1 is 1.29 bits per heavy atom. The van der Waals surface area contributed by atoms with Crippen molar-refractivity contribution in [3.63, 3.8) is 0 Å². The van der Waals surface area contributed by atoms with E-state index in [1.54, 1.807) is 31.4 Å². The molecule has 1 aliphatic heterocycles. The number of carbonyl (C=O) groups excluding carboxylic acids is 3. The average molecular weight is 509 g/mol. The lowest BCUT2D eigenvalue weighted by Crippen LogP contribution is -2.31. The van der Waals surface area contributed by atoms with Crippen LogP contribution in [0.1, 0.15) is 56.8 Å². The van der Waals surface area contributed by atoms with E-state index < -0.39 is 34.4 Å². The normalized spacial score (nSPS) is 17.0. The molecule has 34 heavy (non-hydrogen) atoms. The number of hydrogen-bond donors (Lipinski definition) is 1. The molecule has 1 N–H and O–H groups in total. The SMILES string of the molecule is CC(=O)OCCC(C)(C)C(=O)Oc1ccccc1C(=O)Nc1nc([S+]([O-])C2CCCCO2)cs1. The van der Waals surface area contributed by atoms with Gasteiger partial charge < -0.3 is 18.8 Å². The minimum atomic E-state index is -1.41. The van der Waals surface area contributed by atoms with E-state index in [0.29, 0.717) is 18.1 Å². The first kappa shape index (κ1) is 26.1. The molecule has 9 nitrogen and oxygen atoms in total. The number of thiazole rings is 1. The Balaban J connectivity index is 1.65. The van der Waals surface area contributed by atoms with Gasteiger partial charge in [-0.15, -0.1) is 0 Å². The maximum atomic E-state index is 12.9. The predicted molar refractivity (Wildman–Crippen MR) is 127 cm³/mol. The highest BCUT2D eigenvalue weighted by atomic mass is 32.2. The van der Waals surface area contributed by atoms with Gasteiger partial charge in [0.15, 0.2) is 5.13 Å². The minimum absolute atomic E-state index is 0.0826. The molecule has 0 bridgehead atoms. The first-order valence-corrected chi connectivity index (χ1v) is 13.0. The molecule has 2 aromatic rings. The molecule has 1 fully saturated rings. The smallest absolute Gasteiger partial charge is 0.317 e. The van der Waals surface area contributed by atoms with Gasteiger partial charge in [0, 0.05) is 24.5 Å². The van der Waals surface area contributed by atoms with Gasteiger partial charge in [0.25, 0.3) is 10.9 Å². The number of hydrogen-bond acceptors (Lipinski definition) is 9. The molecule has 0 spiro atoms. The summed E-state index contributed by atoms with van der Waals surface area (Å²) >= 11 is -0.252. The van der Waals surface area contributed by atoms with Crippen LogP contribution in [0, 0.1) is 5.41 Å². The number of benzene rings is 1. The number of aromatic nitrogens is 1. The van der Waals surface area contributed by atoms with Crippen LogP contribution in [-0.2, 0) is 30.2 Å². The van der Waals surface area contributed by atoms with Crippen molar-refractivity contribution in [1.82, 2.24) is 4.98 Å². The van der Waals surface area contributed by atoms with Gasteiger partial charge >= 0.3 is 11.9 Å². The van der Waals surface area contributed by atoms with E-state index >= 15 is 0 Å². The molecule has 1 aromatic heterocycles. The zero-order valence-corrected chi connectivity index (χ0v) is 21.0. The van der Waals surface area contributed by atoms with E-state index in [2.05, 4.69) is 10.3 Å². The molecule has 2 heterocycles. The third kappa shape index (κ3) is 7.02. The first-order chi connectivity index (χ1) is 16.2. The lowest BCUT2D eigenvalue weighted by atomic mass is 9.90. The van der Waals surface area contributed by atoms with Crippen LogP contribution < -0.4 is 10.1 Å². The van der Waals surface area contributed by atoms with E-state index in [1.807, 2.05) is 0 Å². The van der Waals surface area contributed by atoms with Crippen molar-refractivity contribution in [2.45, 2.75) is 56.9 Å². The van der Waals surface area contributed by atoms with Gasteiger partial charge in [0.1, 0.15) is 5.75 Å². The number of esters is 2. The third-order valence-corrected chi connectivity index (χ3v) is 7.58. The topological polar surface area (TPSA) is 127 Å². The molecule has 184 valence electrons. The quantitative estimate of drug-likeness (QED) is 0.307. The number of para-hydroxylation sites is 1. The Bertz CT molecular complexity index is 1020. The molecule has 3 rings (SSSR count). The second kappa shape index (κ2) is 11.8. The van der Waals surface area contributed by atoms with Crippen molar-refractivity contribution >= 4 is 45.5 Å². The minimum Gasteiger partial charge on any atom is -0.608 e. The number of ether oxygens (including phenoxy) is 3. The summed E-state index contributed by atoms with van der Waals surface area (Å²) in [5.74, 6) is -1.39. The second-order valence-corrected chi connectivity index (χ2v) is 10.8. The summed E-state index contributed by atoms with van der Waals surface area (Å²) in [4.78, 5) is 40.9. The van der Waals surface area contributed by atoms with Crippen LogP contribution >= 0.6 is 11.3 Å². The molecular weight excluding hydrogens is 480 g/mol. The highest BCUT2D eigenvalue weighted by Gasteiger charge is 2.32. The van der Waals surface area contributed by atoms with Gasteiger partial charge in [-0.1, -0.05) is 23.5 Å². The molecule has 11 heteroatoms. The van der Waals surface area contributed by atoms with Gasteiger partial charge in [0.2, 0.25) is 5.44 Å². The summed E-state index contributed by atoms with van der Waals surface area (Å²) in [7, 11) is 0. The van der Waals surface area contributed by atoms with Crippen molar-refractivity contribution in [3.8, 4) is 5.75 Å². The lowest BCUT2D eigenvalue weighted by Gasteiger charge is -2.23. The number of rotatable bonds is 9. The van der Waals surface area contributed by atoms with Crippen LogP contribution in [0.25, 0.3) is 0 Å². The lowest BCUT2D eigenvalue weighted by molar-refractivity contribution is -0.148. The van der Waals surface area contributed by atoms with Gasteiger partial charge in [-0.25, -0.2) is 0 Å². The summed E-state index contributed by atoms with van der Waals surface area (Å²) in [6.07, 6.45) is 2.89. The Morgan fingerprint density at radius 2 is 2.06 bits per heavy atom.